The summed E-state index contributed by atoms with van der Waals surface area (Å²) >= 11 is 6.28. The fourth-order valence-corrected chi connectivity index (χ4v) is 4.52. The summed E-state index contributed by atoms with van der Waals surface area (Å²) in [6.45, 7) is 5.23. The monoisotopic (exact) mass is 640 g/mol. The van der Waals surface area contributed by atoms with E-state index < -0.39 is 44.1 Å². The molecule has 0 atom stereocenters. The van der Waals surface area contributed by atoms with Crippen molar-refractivity contribution in [3.8, 4) is 0 Å². The molecule has 4 aromatic rings. The number of ether oxygens (including phenoxy) is 1. The number of hydrazine groups is 1. The van der Waals surface area contributed by atoms with Crippen LogP contribution < -0.4 is 16.3 Å². The van der Waals surface area contributed by atoms with Crippen LogP contribution in [0.25, 0.3) is 11.0 Å². The molecule has 0 unspecified atom stereocenters. The van der Waals surface area contributed by atoms with E-state index in [1.54, 1.807) is 20.8 Å². The van der Waals surface area contributed by atoms with Gasteiger partial charge in [-0.1, -0.05) is 41.9 Å². The summed E-state index contributed by atoms with van der Waals surface area (Å²) in [5, 5.41) is 3.37. The molecule has 3 amide bonds. The van der Waals surface area contributed by atoms with Crippen LogP contribution in [0.3, 0.4) is 0 Å². The second kappa shape index (κ2) is 12.8. The number of nitrogens with one attached hydrogen (secondary N) is 3. The average molecular weight is 641 g/mol. The van der Waals surface area contributed by atoms with E-state index in [-0.39, 0.29) is 39.4 Å². The van der Waals surface area contributed by atoms with Crippen LogP contribution in [0, 0.1) is 0 Å². The highest BCUT2D eigenvalue weighted by atomic mass is 35.5. The first-order valence-corrected chi connectivity index (χ1v) is 15.4. The number of rotatable bonds is 7. The van der Waals surface area contributed by atoms with Crippen molar-refractivity contribution in [1.29, 1.82) is 0 Å². The quantitative estimate of drug-likeness (QED) is 0.200. The molecule has 0 aliphatic rings. The summed E-state index contributed by atoms with van der Waals surface area (Å²) in [4.78, 5) is 61.8. The minimum atomic E-state index is -3.73. The van der Waals surface area contributed by atoms with Crippen molar-refractivity contribution in [3.05, 3.63) is 92.9 Å². The Kier molecular flexibility index (Phi) is 9.35. The Morgan fingerprint density at radius 1 is 1.05 bits per heavy atom. The van der Waals surface area contributed by atoms with Gasteiger partial charge >= 0.3 is 6.09 Å². The van der Waals surface area contributed by atoms with Gasteiger partial charge in [0.05, 0.1) is 10.7 Å². The lowest BCUT2D eigenvalue weighted by Crippen LogP contribution is -2.49. The standard InChI is InChI=1S/C29H29ClN6O7S/c1-29(2,3)43-28(40)36(13-12-17-8-6-5-7-9-17)35-24(37)18-10-11-21(30)22(15-18)32-25(38)20-14-19-16-31-27(44(4,41)42)34-23(19)33-26(20)39/h5-11,14-16H,12-13H2,1-4H3,(H,32,38)(H,35,37)(H,31,33,34,39). The van der Waals surface area contributed by atoms with Gasteiger partial charge in [-0.2, -0.15) is 0 Å². The van der Waals surface area contributed by atoms with Crippen molar-refractivity contribution in [2.45, 2.75) is 37.9 Å². The van der Waals surface area contributed by atoms with Crippen LogP contribution in [0.15, 0.2) is 70.7 Å². The maximum Gasteiger partial charge on any atom is 0.429 e. The zero-order valence-electron chi connectivity index (χ0n) is 24.2. The predicted octanol–water partition coefficient (Wildman–Crippen LogP) is 3.75. The van der Waals surface area contributed by atoms with E-state index in [4.69, 9.17) is 16.3 Å². The number of fused-ring (bicyclic) bond motifs is 1. The van der Waals surface area contributed by atoms with Crippen molar-refractivity contribution >= 4 is 56.1 Å². The van der Waals surface area contributed by atoms with Gasteiger partial charge in [0, 0.05) is 29.9 Å². The van der Waals surface area contributed by atoms with Crippen LogP contribution in [0.5, 0.6) is 0 Å². The van der Waals surface area contributed by atoms with Gasteiger partial charge in [0.1, 0.15) is 16.8 Å². The zero-order valence-corrected chi connectivity index (χ0v) is 25.7. The molecule has 0 fully saturated rings. The lowest BCUT2D eigenvalue weighted by molar-refractivity contribution is 0.0136. The number of aromatic amines is 1. The first kappa shape index (κ1) is 32.1. The molecule has 13 nitrogen and oxygen atoms in total. The molecular formula is C29H29ClN6O7S. The molecule has 0 saturated heterocycles. The molecule has 2 heterocycles. The van der Waals surface area contributed by atoms with Crippen molar-refractivity contribution in [3.63, 3.8) is 0 Å². The van der Waals surface area contributed by atoms with Gasteiger partial charge in [-0.15, -0.1) is 0 Å². The molecule has 0 aliphatic carbocycles. The van der Waals surface area contributed by atoms with Crippen molar-refractivity contribution in [2.75, 3.05) is 18.1 Å². The predicted molar refractivity (Wildman–Crippen MR) is 163 cm³/mol. The highest BCUT2D eigenvalue weighted by molar-refractivity contribution is 7.90. The van der Waals surface area contributed by atoms with Crippen molar-refractivity contribution in [2.24, 2.45) is 0 Å². The Hall–Kier alpha value is -4.82. The number of hydrogen-bond donors (Lipinski definition) is 3. The maximum absolute atomic E-state index is 13.2. The Bertz CT molecular complexity index is 1910. The van der Waals surface area contributed by atoms with Gasteiger partial charge in [0.2, 0.25) is 15.0 Å². The van der Waals surface area contributed by atoms with E-state index in [9.17, 15) is 27.6 Å². The molecule has 0 saturated carbocycles. The van der Waals surface area contributed by atoms with E-state index in [2.05, 4.69) is 25.7 Å². The van der Waals surface area contributed by atoms with Crippen LogP contribution in [-0.4, -0.2) is 64.7 Å². The number of H-pyrrole nitrogens is 1. The largest absolute Gasteiger partial charge is 0.442 e. The summed E-state index contributed by atoms with van der Waals surface area (Å²) in [6.07, 6.45) is 1.76. The van der Waals surface area contributed by atoms with Gasteiger partial charge in [0.15, 0.2) is 0 Å². The minimum absolute atomic E-state index is 0.0144. The number of sulfone groups is 1. The number of aromatic nitrogens is 3. The minimum Gasteiger partial charge on any atom is -0.442 e. The van der Waals surface area contributed by atoms with Gasteiger partial charge < -0.3 is 15.0 Å². The Morgan fingerprint density at radius 3 is 2.41 bits per heavy atom. The first-order valence-electron chi connectivity index (χ1n) is 13.2. The Morgan fingerprint density at radius 2 is 1.75 bits per heavy atom. The molecule has 2 aromatic carbocycles. The molecule has 230 valence electrons. The van der Waals surface area contributed by atoms with Crippen LogP contribution >= 0.6 is 11.6 Å². The lowest BCUT2D eigenvalue weighted by Gasteiger charge is -2.27. The summed E-state index contributed by atoms with van der Waals surface area (Å²) in [5.41, 5.74) is 1.50. The number of halogens is 1. The molecule has 3 N–H and O–H groups in total. The van der Waals surface area contributed by atoms with E-state index in [0.29, 0.717) is 6.42 Å². The van der Waals surface area contributed by atoms with Gasteiger partial charge in [-0.25, -0.2) is 28.2 Å². The molecule has 15 heteroatoms. The van der Waals surface area contributed by atoms with E-state index in [0.717, 1.165) is 23.0 Å². The third-order valence-corrected chi connectivity index (χ3v) is 7.13. The molecule has 2 aromatic heterocycles. The van der Waals surface area contributed by atoms with Crippen LogP contribution in [0.2, 0.25) is 5.02 Å². The Labute approximate surface area is 257 Å². The molecule has 0 spiro atoms. The van der Waals surface area contributed by atoms with E-state index in [1.807, 2.05) is 30.3 Å². The van der Waals surface area contributed by atoms with E-state index in [1.165, 1.54) is 24.3 Å². The molecule has 0 radical (unpaired) electrons. The number of pyridine rings is 1. The average Bonchev–Trinajstić information content (AvgIpc) is 2.94. The molecular weight excluding hydrogens is 612 g/mol. The number of amides is 3. The number of carbonyl (C=O) groups excluding carboxylic acids is 3. The van der Waals surface area contributed by atoms with Crippen LogP contribution in [0.4, 0.5) is 10.5 Å². The normalized spacial score (nSPS) is 11.6. The fourth-order valence-electron chi connectivity index (χ4n) is 3.86. The van der Waals surface area contributed by atoms with E-state index >= 15 is 0 Å². The zero-order chi connectivity index (χ0) is 32.2. The number of carbonyl (C=O) groups is 3. The second-order valence-corrected chi connectivity index (χ2v) is 13.0. The van der Waals surface area contributed by atoms with Crippen LogP contribution in [-0.2, 0) is 21.0 Å². The van der Waals surface area contributed by atoms with Gasteiger partial charge in [-0.05, 0) is 57.0 Å². The summed E-state index contributed by atoms with van der Waals surface area (Å²) < 4.78 is 28.9. The maximum atomic E-state index is 13.2. The topological polar surface area (TPSA) is 181 Å². The van der Waals surface area contributed by atoms with Crippen molar-refractivity contribution in [1.82, 2.24) is 25.4 Å². The summed E-state index contributed by atoms with van der Waals surface area (Å²) in [5.74, 6) is -1.54. The third-order valence-electron chi connectivity index (χ3n) is 5.94. The first-order chi connectivity index (χ1) is 20.6. The lowest BCUT2D eigenvalue weighted by atomic mass is 10.1. The van der Waals surface area contributed by atoms with Gasteiger partial charge in [0.25, 0.3) is 17.4 Å². The Balaban J connectivity index is 1.54. The summed E-state index contributed by atoms with van der Waals surface area (Å²) in [6, 6.07) is 14.6. The summed E-state index contributed by atoms with van der Waals surface area (Å²) in [7, 11) is -3.73. The highest BCUT2D eigenvalue weighted by Gasteiger charge is 2.25. The number of benzene rings is 2. The SMILES string of the molecule is CC(C)(C)OC(=O)N(CCc1ccccc1)NC(=O)c1ccc(Cl)c(NC(=O)c2cc3cnc(S(C)(=O)=O)nc3[nH]c2=O)c1. The molecule has 0 aliphatic heterocycles. The molecule has 0 bridgehead atoms. The number of nitrogens with zero attached hydrogens (tertiary/aromatic N) is 3. The highest BCUT2D eigenvalue weighted by Crippen LogP contribution is 2.24. The third kappa shape index (κ3) is 8.17. The van der Waals surface area contributed by atoms with Gasteiger partial charge in [-0.3, -0.25) is 19.8 Å². The van der Waals surface area contributed by atoms with Crippen molar-refractivity contribution < 1.29 is 27.5 Å². The fraction of sp³-hybridized carbons (Fsp3) is 0.241. The smallest absolute Gasteiger partial charge is 0.429 e. The second-order valence-electron chi connectivity index (χ2n) is 10.7. The number of anilines is 1. The van der Waals surface area contributed by atoms with Crippen LogP contribution in [0.1, 0.15) is 47.1 Å². The molecule has 44 heavy (non-hydrogen) atoms. The molecule has 4 rings (SSSR count). The number of hydrogen-bond acceptors (Lipinski definition) is 9.